The quantitative estimate of drug-likeness (QED) is 0.399. The Morgan fingerprint density at radius 2 is 2.06 bits per heavy atom. The number of pyridine rings is 1. The summed E-state index contributed by atoms with van der Waals surface area (Å²) in [6, 6.07) is 13.9. The average Bonchev–Trinajstić information content (AvgIpc) is 2.86. The Bertz CT molecular complexity index is 1230. The predicted octanol–water partition coefficient (Wildman–Crippen LogP) is 4.13. The lowest BCUT2D eigenvalue weighted by Gasteiger charge is -2.32. The van der Waals surface area contributed by atoms with Crippen molar-refractivity contribution < 1.29 is 9.66 Å². The van der Waals surface area contributed by atoms with E-state index in [-0.39, 0.29) is 10.6 Å². The van der Waals surface area contributed by atoms with Gasteiger partial charge in [0.25, 0.3) is 5.69 Å². The molecular weight excluding hydrogens is 430 g/mol. The molecule has 1 N–H and O–H groups in total. The van der Waals surface area contributed by atoms with E-state index in [1.54, 1.807) is 26.3 Å². The van der Waals surface area contributed by atoms with Gasteiger partial charge in [-0.25, -0.2) is 0 Å². The molecule has 1 fully saturated rings. The van der Waals surface area contributed by atoms with Crippen molar-refractivity contribution in [3.8, 4) is 11.8 Å². The molecule has 0 atom stereocenters. The minimum absolute atomic E-state index is 0.173. The number of fused-ring (bicyclic) bond motifs is 1. The van der Waals surface area contributed by atoms with Crippen LogP contribution in [0.4, 0.5) is 5.69 Å². The SMILES string of the molecule is COc1ccc2ncc(C#N)c(CCN3CCC(NCc4ccc(C)c([N+](=O)[O-])c4)CC3)c2c1. The van der Waals surface area contributed by atoms with Crippen molar-refractivity contribution in [2.75, 3.05) is 26.7 Å². The van der Waals surface area contributed by atoms with Crippen molar-refractivity contribution in [2.24, 2.45) is 0 Å². The smallest absolute Gasteiger partial charge is 0.272 e. The maximum absolute atomic E-state index is 11.2. The number of aromatic nitrogens is 1. The summed E-state index contributed by atoms with van der Waals surface area (Å²) in [7, 11) is 1.64. The van der Waals surface area contributed by atoms with Gasteiger partial charge in [0.1, 0.15) is 11.8 Å². The normalized spacial score (nSPS) is 14.7. The molecule has 0 aliphatic carbocycles. The summed E-state index contributed by atoms with van der Waals surface area (Å²) in [5.41, 5.74) is 4.30. The summed E-state index contributed by atoms with van der Waals surface area (Å²) in [6.45, 7) is 5.21. The molecule has 0 unspecified atom stereocenters. The van der Waals surface area contributed by atoms with Gasteiger partial charge in [-0.1, -0.05) is 12.1 Å². The Morgan fingerprint density at radius 1 is 1.26 bits per heavy atom. The largest absolute Gasteiger partial charge is 0.497 e. The predicted molar refractivity (Wildman–Crippen MR) is 131 cm³/mol. The van der Waals surface area contributed by atoms with Gasteiger partial charge in [0.2, 0.25) is 0 Å². The fraction of sp³-hybridized carbons (Fsp3) is 0.385. The van der Waals surface area contributed by atoms with Gasteiger partial charge in [-0.15, -0.1) is 0 Å². The highest BCUT2D eigenvalue weighted by Gasteiger charge is 2.20. The van der Waals surface area contributed by atoms with Crippen LogP contribution in [0.25, 0.3) is 10.9 Å². The summed E-state index contributed by atoms with van der Waals surface area (Å²) >= 11 is 0. The van der Waals surface area contributed by atoms with E-state index in [1.165, 1.54) is 0 Å². The molecule has 0 amide bonds. The van der Waals surface area contributed by atoms with Crippen LogP contribution in [0.1, 0.15) is 35.1 Å². The van der Waals surface area contributed by atoms with E-state index in [4.69, 9.17) is 4.74 Å². The molecule has 1 aliphatic heterocycles. The first kappa shape index (κ1) is 23.6. The molecule has 1 saturated heterocycles. The zero-order valence-electron chi connectivity index (χ0n) is 19.6. The molecule has 8 nitrogen and oxygen atoms in total. The fourth-order valence-electron chi connectivity index (χ4n) is 4.57. The van der Waals surface area contributed by atoms with E-state index in [0.717, 1.165) is 66.7 Å². The highest BCUT2D eigenvalue weighted by molar-refractivity contribution is 5.85. The summed E-state index contributed by atoms with van der Waals surface area (Å²) in [4.78, 5) is 17.7. The first-order chi connectivity index (χ1) is 16.5. The van der Waals surface area contributed by atoms with E-state index >= 15 is 0 Å². The second-order valence-corrected chi connectivity index (χ2v) is 8.77. The first-order valence-corrected chi connectivity index (χ1v) is 11.5. The van der Waals surface area contributed by atoms with Crippen molar-refractivity contribution in [3.63, 3.8) is 0 Å². The molecular formula is C26H29N5O3. The number of methoxy groups -OCH3 is 1. The van der Waals surface area contributed by atoms with E-state index in [1.807, 2.05) is 30.3 Å². The highest BCUT2D eigenvalue weighted by Crippen LogP contribution is 2.26. The van der Waals surface area contributed by atoms with Gasteiger partial charge in [0, 0.05) is 42.3 Å². The third-order valence-corrected chi connectivity index (χ3v) is 6.64. The molecule has 3 aromatic rings. The number of piperidine rings is 1. The number of nitro groups is 1. The van der Waals surface area contributed by atoms with Crippen LogP contribution in [0.3, 0.4) is 0 Å². The third-order valence-electron chi connectivity index (χ3n) is 6.64. The molecule has 1 aliphatic rings. The Hall–Kier alpha value is -3.54. The van der Waals surface area contributed by atoms with Gasteiger partial charge in [-0.05, 0) is 68.6 Å². The number of nitro benzene ring substituents is 1. The van der Waals surface area contributed by atoms with Crippen LogP contribution in [0.15, 0.2) is 42.6 Å². The van der Waals surface area contributed by atoms with Crippen LogP contribution in [0, 0.1) is 28.4 Å². The number of likely N-dealkylation sites (tertiary alicyclic amines) is 1. The van der Waals surface area contributed by atoms with E-state index < -0.39 is 0 Å². The Kier molecular flexibility index (Phi) is 7.36. The highest BCUT2D eigenvalue weighted by atomic mass is 16.6. The van der Waals surface area contributed by atoms with Crippen molar-refractivity contribution in [1.82, 2.24) is 15.2 Å². The Morgan fingerprint density at radius 3 is 2.76 bits per heavy atom. The number of ether oxygens (including phenoxy) is 1. The molecule has 2 aromatic carbocycles. The van der Waals surface area contributed by atoms with Crippen molar-refractivity contribution in [3.05, 3.63) is 75.0 Å². The van der Waals surface area contributed by atoms with Crippen molar-refractivity contribution in [2.45, 2.75) is 38.8 Å². The van der Waals surface area contributed by atoms with Gasteiger partial charge < -0.3 is 15.0 Å². The van der Waals surface area contributed by atoms with E-state index in [0.29, 0.717) is 23.7 Å². The molecule has 0 saturated carbocycles. The van der Waals surface area contributed by atoms with Crippen LogP contribution in [0.2, 0.25) is 0 Å². The molecule has 2 heterocycles. The van der Waals surface area contributed by atoms with Gasteiger partial charge in [0.05, 0.1) is 23.1 Å². The molecule has 4 rings (SSSR count). The second kappa shape index (κ2) is 10.6. The lowest BCUT2D eigenvalue weighted by Crippen LogP contribution is -2.42. The standard InChI is InChI=1S/C26H29N5O3/c1-18-3-4-19(13-26(18)31(32)33)16-28-21-7-10-30(11-8-21)12-9-23-20(15-27)17-29-25-6-5-22(34-2)14-24(23)25/h3-6,13-14,17,21,28H,7-12,16H2,1-2H3. The number of benzene rings is 2. The third kappa shape index (κ3) is 5.33. The van der Waals surface area contributed by atoms with E-state index in [2.05, 4.69) is 21.3 Å². The number of nitrogens with zero attached hydrogens (tertiary/aromatic N) is 4. The van der Waals surface area contributed by atoms with Gasteiger partial charge >= 0.3 is 0 Å². The number of hydrogen-bond acceptors (Lipinski definition) is 7. The number of nitriles is 1. The Labute approximate surface area is 199 Å². The average molecular weight is 460 g/mol. The minimum Gasteiger partial charge on any atom is -0.497 e. The number of aryl methyl sites for hydroxylation is 1. The second-order valence-electron chi connectivity index (χ2n) is 8.77. The summed E-state index contributed by atoms with van der Waals surface area (Å²) < 4.78 is 5.37. The topological polar surface area (TPSA) is 104 Å². The molecule has 0 bridgehead atoms. The van der Waals surface area contributed by atoms with Crippen molar-refractivity contribution >= 4 is 16.6 Å². The molecule has 176 valence electrons. The number of hydrogen-bond donors (Lipinski definition) is 1. The molecule has 8 heteroatoms. The fourth-order valence-corrected chi connectivity index (χ4v) is 4.57. The Balaban J connectivity index is 1.33. The van der Waals surface area contributed by atoms with Crippen molar-refractivity contribution in [1.29, 1.82) is 5.26 Å². The number of nitrogens with one attached hydrogen (secondary N) is 1. The summed E-state index contributed by atoms with van der Waals surface area (Å²) in [5, 5.41) is 25.3. The first-order valence-electron chi connectivity index (χ1n) is 11.5. The maximum atomic E-state index is 11.2. The van der Waals surface area contributed by atoms with Crippen LogP contribution >= 0.6 is 0 Å². The van der Waals surface area contributed by atoms with Crippen LogP contribution in [-0.4, -0.2) is 47.6 Å². The van der Waals surface area contributed by atoms with Crippen LogP contribution in [-0.2, 0) is 13.0 Å². The lowest BCUT2D eigenvalue weighted by molar-refractivity contribution is -0.385. The van der Waals surface area contributed by atoms with E-state index in [9.17, 15) is 15.4 Å². The zero-order valence-corrected chi connectivity index (χ0v) is 19.6. The summed E-state index contributed by atoms with van der Waals surface area (Å²) in [5.74, 6) is 0.761. The molecule has 1 aromatic heterocycles. The zero-order chi connectivity index (χ0) is 24.1. The monoisotopic (exact) mass is 459 g/mol. The summed E-state index contributed by atoms with van der Waals surface area (Å²) in [6.07, 6.45) is 4.48. The molecule has 0 spiro atoms. The van der Waals surface area contributed by atoms with Gasteiger partial charge in [-0.3, -0.25) is 15.1 Å². The maximum Gasteiger partial charge on any atom is 0.272 e. The van der Waals surface area contributed by atoms with Crippen LogP contribution in [0.5, 0.6) is 5.75 Å². The lowest BCUT2D eigenvalue weighted by atomic mass is 9.99. The number of rotatable bonds is 8. The minimum atomic E-state index is -0.322. The van der Waals surface area contributed by atoms with Gasteiger partial charge in [-0.2, -0.15) is 5.26 Å². The molecule has 0 radical (unpaired) electrons. The van der Waals surface area contributed by atoms with Crippen LogP contribution < -0.4 is 10.1 Å². The van der Waals surface area contributed by atoms with Gasteiger partial charge in [0.15, 0.2) is 0 Å². The molecule has 34 heavy (non-hydrogen) atoms.